The molecule has 0 amide bonds. The second kappa shape index (κ2) is 4.69. The van der Waals surface area contributed by atoms with Gasteiger partial charge in [0.2, 0.25) is 0 Å². The van der Waals surface area contributed by atoms with Crippen LogP contribution in [0.3, 0.4) is 0 Å². The molecule has 0 aliphatic carbocycles. The highest BCUT2D eigenvalue weighted by Crippen LogP contribution is 2.33. The number of benzene rings is 1. The van der Waals surface area contributed by atoms with E-state index in [-0.39, 0.29) is 0 Å². The van der Waals surface area contributed by atoms with Gasteiger partial charge in [-0.1, -0.05) is 23.2 Å². The van der Waals surface area contributed by atoms with Gasteiger partial charge < -0.3 is 10.1 Å². The van der Waals surface area contributed by atoms with Gasteiger partial charge in [-0.05, 0) is 43.7 Å². The standard InChI is InChI=1S/C15H13Cl2N3/c1-8-5-13(18)15-19-14(9(2)20(15)7-8)11-4-3-10(16)6-12(11)17/h3-7H,18H2,1-2H3. The van der Waals surface area contributed by atoms with E-state index in [9.17, 15) is 0 Å². The molecule has 0 atom stereocenters. The lowest BCUT2D eigenvalue weighted by Crippen LogP contribution is -1.95. The Labute approximate surface area is 127 Å². The molecule has 0 aliphatic rings. The summed E-state index contributed by atoms with van der Waals surface area (Å²) in [5, 5.41) is 1.19. The Balaban J connectivity index is 2.32. The topological polar surface area (TPSA) is 43.3 Å². The van der Waals surface area contributed by atoms with Gasteiger partial charge in [0.1, 0.15) is 0 Å². The van der Waals surface area contributed by atoms with Crippen LogP contribution in [0.15, 0.2) is 30.5 Å². The van der Waals surface area contributed by atoms with Crippen molar-refractivity contribution in [1.29, 1.82) is 0 Å². The number of nitrogens with two attached hydrogens (primary N) is 1. The zero-order chi connectivity index (χ0) is 14.4. The lowest BCUT2D eigenvalue weighted by atomic mass is 10.1. The summed E-state index contributed by atoms with van der Waals surface area (Å²) in [5.41, 5.74) is 11.2. The highest BCUT2D eigenvalue weighted by Gasteiger charge is 2.15. The molecule has 1 aromatic carbocycles. The number of pyridine rings is 1. The number of hydrogen-bond donors (Lipinski definition) is 1. The summed E-state index contributed by atoms with van der Waals surface area (Å²) in [4.78, 5) is 4.62. The van der Waals surface area contributed by atoms with Gasteiger partial charge in [0.25, 0.3) is 0 Å². The summed E-state index contributed by atoms with van der Waals surface area (Å²) >= 11 is 12.2. The van der Waals surface area contributed by atoms with Crippen LogP contribution >= 0.6 is 23.2 Å². The van der Waals surface area contributed by atoms with E-state index in [2.05, 4.69) is 4.98 Å². The molecule has 2 aromatic heterocycles. The number of rotatable bonds is 1. The summed E-state index contributed by atoms with van der Waals surface area (Å²) in [7, 11) is 0. The summed E-state index contributed by atoms with van der Waals surface area (Å²) < 4.78 is 1.99. The van der Waals surface area contributed by atoms with Crippen LogP contribution in [-0.2, 0) is 0 Å². The zero-order valence-corrected chi connectivity index (χ0v) is 12.6. The fourth-order valence-electron chi connectivity index (χ4n) is 2.36. The third-order valence-corrected chi connectivity index (χ3v) is 3.86. The van der Waals surface area contributed by atoms with Crippen molar-refractivity contribution in [3.05, 3.63) is 51.8 Å². The van der Waals surface area contributed by atoms with E-state index in [1.807, 2.05) is 36.6 Å². The first-order chi connectivity index (χ1) is 9.47. The molecule has 3 nitrogen and oxygen atoms in total. The SMILES string of the molecule is Cc1cc(N)c2nc(-c3ccc(Cl)cc3Cl)c(C)n2c1. The van der Waals surface area contributed by atoms with Gasteiger partial charge in [-0.15, -0.1) is 0 Å². The van der Waals surface area contributed by atoms with Crippen molar-refractivity contribution >= 4 is 34.5 Å². The van der Waals surface area contributed by atoms with Crippen molar-refractivity contribution in [2.24, 2.45) is 0 Å². The number of aryl methyl sites for hydroxylation is 2. The van der Waals surface area contributed by atoms with Crippen molar-refractivity contribution in [3.63, 3.8) is 0 Å². The molecular weight excluding hydrogens is 293 g/mol. The second-order valence-corrected chi connectivity index (χ2v) is 5.68. The molecule has 5 heteroatoms. The highest BCUT2D eigenvalue weighted by atomic mass is 35.5. The van der Waals surface area contributed by atoms with E-state index in [0.717, 1.165) is 28.2 Å². The molecule has 3 rings (SSSR count). The van der Waals surface area contributed by atoms with Gasteiger partial charge in [0.05, 0.1) is 16.4 Å². The van der Waals surface area contributed by atoms with Crippen LogP contribution in [0.25, 0.3) is 16.9 Å². The third kappa shape index (κ3) is 2.03. The maximum Gasteiger partial charge on any atom is 0.160 e. The van der Waals surface area contributed by atoms with Crippen LogP contribution in [-0.4, -0.2) is 9.38 Å². The molecule has 0 saturated carbocycles. The van der Waals surface area contributed by atoms with Gasteiger partial charge in [0, 0.05) is 22.5 Å². The van der Waals surface area contributed by atoms with Crippen molar-refractivity contribution in [1.82, 2.24) is 9.38 Å². The van der Waals surface area contributed by atoms with Crippen molar-refractivity contribution < 1.29 is 0 Å². The predicted octanol–water partition coefficient (Wildman–Crippen LogP) is 4.51. The maximum absolute atomic E-state index is 6.27. The molecular formula is C15H13Cl2N3. The number of imidazole rings is 1. The Morgan fingerprint density at radius 3 is 2.60 bits per heavy atom. The number of aromatic nitrogens is 2. The van der Waals surface area contributed by atoms with Crippen LogP contribution in [0.1, 0.15) is 11.3 Å². The minimum Gasteiger partial charge on any atom is -0.396 e. The average Bonchev–Trinajstić information content (AvgIpc) is 2.68. The first kappa shape index (κ1) is 13.3. The van der Waals surface area contributed by atoms with E-state index in [4.69, 9.17) is 28.9 Å². The molecule has 2 heterocycles. The molecule has 102 valence electrons. The molecule has 0 spiro atoms. The van der Waals surface area contributed by atoms with Crippen LogP contribution in [0.5, 0.6) is 0 Å². The van der Waals surface area contributed by atoms with E-state index >= 15 is 0 Å². The third-order valence-electron chi connectivity index (χ3n) is 3.31. The largest absolute Gasteiger partial charge is 0.396 e. The fraction of sp³-hybridized carbons (Fsp3) is 0.133. The van der Waals surface area contributed by atoms with E-state index in [1.165, 1.54) is 0 Å². The molecule has 0 bridgehead atoms. The lowest BCUT2D eigenvalue weighted by Gasteiger charge is -2.03. The Kier molecular flexibility index (Phi) is 3.11. The van der Waals surface area contributed by atoms with Gasteiger partial charge >= 0.3 is 0 Å². The van der Waals surface area contributed by atoms with E-state index in [0.29, 0.717) is 15.7 Å². The number of anilines is 1. The number of halogens is 2. The minimum atomic E-state index is 0.583. The quantitative estimate of drug-likeness (QED) is 0.719. The second-order valence-electron chi connectivity index (χ2n) is 4.84. The minimum absolute atomic E-state index is 0.583. The van der Waals surface area contributed by atoms with Crippen LogP contribution < -0.4 is 5.73 Å². The van der Waals surface area contributed by atoms with Crippen LogP contribution in [0, 0.1) is 13.8 Å². The summed E-state index contributed by atoms with van der Waals surface area (Å²) in [6, 6.07) is 7.31. The normalized spacial score (nSPS) is 11.2. The van der Waals surface area contributed by atoms with Crippen LogP contribution in [0.4, 0.5) is 5.69 Å². The monoisotopic (exact) mass is 305 g/mol. The number of nitrogen functional groups attached to an aromatic ring is 1. The Morgan fingerprint density at radius 2 is 1.90 bits per heavy atom. The highest BCUT2D eigenvalue weighted by molar-refractivity contribution is 6.36. The lowest BCUT2D eigenvalue weighted by molar-refractivity contribution is 1.09. The predicted molar refractivity (Wildman–Crippen MR) is 84.5 cm³/mol. The zero-order valence-electron chi connectivity index (χ0n) is 11.1. The smallest absolute Gasteiger partial charge is 0.160 e. The molecule has 2 N–H and O–H groups in total. The molecule has 0 saturated heterocycles. The number of fused-ring (bicyclic) bond motifs is 1. The van der Waals surface area contributed by atoms with Crippen LogP contribution in [0.2, 0.25) is 10.0 Å². The van der Waals surface area contributed by atoms with E-state index in [1.54, 1.807) is 12.1 Å². The Morgan fingerprint density at radius 1 is 1.15 bits per heavy atom. The summed E-state index contributed by atoms with van der Waals surface area (Å²) in [5.74, 6) is 0. The number of hydrogen-bond acceptors (Lipinski definition) is 2. The van der Waals surface area contributed by atoms with Gasteiger partial charge in [-0.2, -0.15) is 0 Å². The maximum atomic E-state index is 6.27. The van der Waals surface area contributed by atoms with Crippen molar-refractivity contribution in [3.8, 4) is 11.3 Å². The average molecular weight is 306 g/mol. The molecule has 0 fully saturated rings. The Bertz CT molecular complexity index is 822. The van der Waals surface area contributed by atoms with Gasteiger partial charge in [-0.25, -0.2) is 4.98 Å². The van der Waals surface area contributed by atoms with Gasteiger partial charge in [0.15, 0.2) is 5.65 Å². The first-order valence-corrected chi connectivity index (χ1v) is 6.93. The molecule has 0 unspecified atom stereocenters. The van der Waals surface area contributed by atoms with E-state index < -0.39 is 0 Å². The summed E-state index contributed by atoms with van der Waals surface area (Å²) in [6.45, 7) is 4.00. The first-order valence-electron chi connectivity index (χ1n) is 6.17. The molecule has 20 heavy (non-hydrogen) atoms. The summed E-state index contributed by atoms with van der Waals surface area (Å²) in [6.07, 6.45) is 2.02. The Hall–Kier alpha value is -1.71. The number of nitrogens with zero attached hydrogens (tertiary/aromatic N) is 2. The molecule has 3 aromatic rings. The van der Waals surface area contributed by atoms with Crippen molar-refractivity contribution in [2.75, 3.05) is 5.73 Å². The van der Waals surface area contributed by atoms with Crippen molar-refractivity contribution in [2.45, 2.75) is 13.8 Å². The molecule has 0 aliphatic heterocycles. The van der Waals surface area contributed by atoms with Gasteiger partial charge in [-0.3, -0.25) is 0 Å². The molecule has 0 radical (unpaired) electrons. The fourth-order valence-corrected chi connectivity index (χ4v) is 2.86.